The molecule has 4 fully saturated rings. The van der Waals surface area contributed by atoms with Gasteiger partial charge in [-0.2, -0.15) is 0 Å². The average molecular weight is 214 g/mol. The van der Waals surface area contributed by atoms with E-state index < -0.39 is 5.97 Å². The quantitative estimate of drug-likeness (QED) is 0.621. The zero-order valence-corrected chi connectivity index (χ0v) is 9.07. The minimum atomic E-state index is -0.816. The van der Waals surface area contributed by atoms with Gasteiger partial charge in [0.1, 0.15) is 6.04 Å². The first-order valence-electron chi connectivity index (χ1n) is 5.62. The van der Waals surface area contributed by atoms with Gasteiger partial charge in [0, 0.05) is 25.6 Å². The Morgan fingerprint density at radius 1 is 1.20 bits per heavy atom. The average Bonchev–Trinajstić information content (AvgIpc) is 2.31. The van der Waals surface area contributed by atoms with Crippen LogP contribution >= 0.6 is 0 Å². The van der Waals surface area contributed by atoms with Crippen molar-refractivity contribution in [1.82, 2.24) is 10.2 Å². The Labute approximate surface area is 89.7 Å². The first kappa shape index (κ1) is 9.99. The number of ether oxygens (including phenoxy) is 3. The summed E-state index contributed by atoms with van der Waals surface area (Å²) in [5, 5.41) is 3.42. The number of nitrogens with one attached hydrogen (secondary N) is 1. The molecule has 5 heteroatoms. The molecular weight excluding hydrogens is 196 g/mol. The van der Waals surface area contributed by atoms with Crippen LogP contribution in [0.2, 0.25) is 0 Å². The summed E-state index contributed by atoms with van der Waals surface area (Å²) in [6.07, 6.45) is 0. The van der Waals surface area contributed by atoms with E-state index in [-0.39, 0.29) is 6.04 Å². The van der Waals surface area contributed by atoms with Gasteiger partial charge in [-0.3, -0.25) is 0 Å². The number of hydrogen-bond acceptors (Lipinski definition) is 5. The normalized spacial score (nSPS) is 47.0. The van der Waals surface area contributed by atoms with Gasteiger partial charge >= 0.3 is 5.97 Å². The highest BCUT2D eigenvalue weighted by Crippen LogP contribution is 2.33. The van der Waals surface area contributed by atoms with Gasteiger partial charge in [0.2, 0.25) is 0 Å². The fourth-order valence-corrected chi connectivity index (χ4v) is 2.41. The van der Waals surface area contributed by atoms with Crippen molar-refractivity contribution in [3.8, 4) is 0 Å². The van der Waals surface area contributed by atoms with Crippen LogP contribution in [0.4, 0.5) is 0 Å². The largest absolute Gasteiger partial charge is 0.326 e. The van der Waals surface area contributed by atoms with E-state index in [1.165, 1.54) is 0 Å². The van der Waals surface area contributed by atoms with Gasteiger partial charge in [-0.25, -0.2) is 0 Å². The zero-order valence-electron chi connectivity index (χ0n) is 9.07. The van der Waals surface area contributed by atoms with Crippen molar-refractivity contribution in [3.05, 3.63) is 0 Å². The summed E-state index contributed by atoms with van der Waals surface area (Å²) in [5.74, 6) is -0.392. The van der Waals surface area contributed by atoms with Crippen molar-refractivity contribution < 1.29 is 14.2 Å². The number of rotatable bonds is 1. The van der Waals surface area contributed by atoms with Crippen LogP contribution < -0.4 is 5.32 Å². The van der Waals surface area contributed by atoms with Gasteiger partial charge in [0.25, 0.3) is 0 Å². The van der Waals surface area contributed by atoms with E-state index in [9.17, 15) is 0 Å². The molecule has 0 aromatic carbocycles. The van der Waals surface area contributed by atoms with Crippen LogP contribution in [0.1, 0.15) is 0 Å². The van der Waals surface area contributed by atoms with E-state index in [4.69, 9.17) is 14.2 Å². The molecule has 1 N–H and O–H groups in total. The number of piperazine rings is 1. The smallest absolute Gasteiger partial charge is 0.300 e. The van der Waals surface area contributed by atoms with E-state index in [2.05, 4.69) is 17.3 Å². The van der Waals surface area contributed by atoms with Crippen LogP contribution in [0.3, 0.4) is 0 Å². The summed E-state index contributed by atoms with van der Waals surface area (Å²) in [4.78, 5) is 2.27. The lowest BCUT2D eigenvalue weighted by molar-refractivity contribution is -0.458. The molecule has 1 atom stereocenters. The second kappa shape index (κ2) is 3.68. The molecule has 4 aliphatic rings. The fourth-order valence-electron chi connectivity index (χ4n) is 2.41. The Hall–Kier alpha value is -0.200. The summed E-state index contributed by atoms with van der Waals surface area (Å²) in [5.41, 5.74) is 0. The van der Waals surface area contributed by atoms with E-state index in [0.29, 0.717) is 5.92 Å². The van der Waals surface area contributed by atoms with Gasteiger partial charge < -0.3 is 24.4 Å². The summed E-state index contributed by atoms with van der Waals surface area (Å²) in [7, 11) is 2.11. The Morgan fingerprint density at radius 2 is 1.87 bits per heavy atom. The van der Waals surface area contributed by atoms with E-state index in [1.54, 1.807) is 0 Å². The maximum atomic E-state index is 5.72. The third kappa shape index (κ3) is 1.68. The lowest BCUT2D eigenvalue weighted by atomic mass is 10.1. The van der Waals surface area contributed by atoms with Gasteiger partial charge in [0.15, 0.2) is 0 Å². The monoisotopic (exact) mass is 214 g/mol. The van der Waals surface area contributed by atoms with Gasteiger partial charge in [0.05, 0.1) is 19.8 Å². The third-order valence-electron chi connectivity index (χ3n) is 3.37. The molecule has 86 valence electrons. The van der Waals surface area contributed by atoms with Crippen LogP contribution in [0.15, 0.2) is 0 Å². The Balaban J connectivity index is 1.73. The molecule has 4 rings (SSSR count). The molecule has 1 unspecified atom stereocenters. The molecule has 0 amide bonds. The predicted molar refractivity (Wildman–Crippen MR) is 53.4 cm³/mol. The van der Waals surface area contributed by atoms with Crippen molar-refractivity contribution in [2.75, 3.05) is 46.5 Å². The molecule has 15 heavy (non-hydrogen) atoms. The second-order valence-corrected chi connectivity index (χ2v) is 4.67. The van der Waals surface area contributed by atoms with Crippen LogP contribution in [0.25, 0.3) is 0 Å². The van der Waals surface area contributed by atoms with Crippen molar-refractivity contribution in [3.63, 3.8) is 0 Å². The van der Waals surface area contributed by atoms with Crippen LogP contribution in [-0.4, -0.2) is 63.4 Å². The first-order valence-corrected chi connectivity index (χ1v) is 5.62. The van der Waals surface area contributed by atoms with Crippen LogP contribution in [0.5, 0.6) is 0 Å². The molecule has 0 aliphatic carbocycles. The molecule has 0 aromatic rings. The fraction of sp³-hybridized carbons (Fsp3) is 1.00. The Bertz CT molecular complexity index is 227. The molecule has 0 radical (unpaired) electrons. The molecule has 0 spiro atoms. The molecule has 2 bridgehead atoms. The maximum Gasteiger partial charge on any atom is 0.300 e. The van der Waals surface area contributed by atoms with Crippen LogP contribution in [0, 0.1) is 5.92 Å². The Kier molecular flexibility index (Phi) is 2.45. The molecule has 0 aromatic heterocycles. The second-order valence-electron chi connectivity index (χ2n) is 4.67. The predicted octanol–water partition coefficient (Wildman–Crippen LogP) is -0.763. The number of hydrogen-bond donors (Lipinski definition) is 1. The SMILES string of the molecule is CN1CCNC(C23OCC(CO2)CO3)C1. The molecular formula is C10H18N2O3. The van der Waals surface area contributed by atoms with Crippen LogP contribution in [-0.2, 0) is 14.2 Å². The topological polar surface area (TPSA) is 43.0 Å². The zero-order chi connectivity index (χ0) is 10.3. The first-order chi connectivity index (χ1) is 7.28. The van der Waals surface area contributed by atoms with Crippen molar-refractivity contribution in [1.29, 1.82) is 0 Å². The standard InChI is InChI=1S/C10H18N2O3/c1-12-3-2-11-9(4-12)10-13-5-8(6-14-10)7-15-10/h8-9,11H,2-7H2,1H3. The highest BCUT2D eigenvalue weighted by Gasteiger charge is 2.51. The highest BCUT2D eigenvalue weighted by molar-refractivity contribution is 4.89. The lowest BCUT2D eigenvalue weighted by Gasteiger charge is -2.50. The van der Waals surface area contributed by atoms with Gasteiger partial charge in [-0.15, -0.1) is 0 Å². The number of nitrogens with zero attached hydrogens (tertiary/aromatic N) is 1. The Morgan fingerprint density at radius 3 is 2.47 bits per heavy atom. The third-order valence-corrected chi connectivity index (χ3v) is 3.37. The van der Waals surface area contributed by atoms with Gasteiger partial charge in [-0.1, -0.05) is 0 Å². The van der Waals surface area contributed by atoms with Crippen molar-refractivity contribution in [2.45, 2.75) is 12.0 Å². The van der Waals surface area contributed by atoms with E-state index in [1.807, 2.05) is 0 Å². The highest BCUT2D eigenvalue weighted by atomic mass is 16.9. The number of fused-ring (bicyclic) bond motifs is 3. The number of likely N-dealkylation sites (N-methyl/N-ethyl adjacent to an activating group) is 1. The lowest BCUT2D eigenvalue weighted by Crippen LogP contribution is -2.68. The maximum absolute atomic E-state index is 5.72. The van der Waals surface area contributed by atoms with Crippen molar-refractivity contribution in [2.24, 2.45) is 5.92 Å². The summed E-state index contributed by atoms with van der Waals surface area (Å²) < 4.78 is 17.2. The van der Waals surface area contributed by atoms with Gasteiger partial charge in [-0.05, 0) is 7.05 Å². The minimum Gasteiger partial charge on any atom is -0.326 e. The molecule has 4 saturated heterocycles. The summed E-state index contributed by atoms with van der Waals surface area (Å²) in [6, 6.07) is 0.123. The molecule has 5 nitrogen and oxygen atoms in total. The summed E-state index contributed by atoms with van der Waals surface area (Å²) in [6.45, 7) is 5.23. The molecule has 4 heterocycles. The van der Waals surface area contributed by atoms with Crippen molar-refractivity contribution >= 4 is 0 Å². The minimum absolute atomic E-state index is 0.123. The van der Waals surface area contributed by atoms with E-state index >= 15 is 0 Å². The molecule has 0 saturated carbocycles. The van der Waals surface area contributed by atoms with E-state index in [0.717, 1.165) is 39.5 Å². The summed E-state index contributed by atoms with van der Waals surface area (Å²) >= 11 is 0. The molecule has 4 aliphatic heterocycles.